The Labute approximate surface area is 99.5 Å². The van der Waals surface area contributed by atoms with Gasteiger partial charge in [0.2, 0.25) is 0 Å². The molecule has 0 aromatic heterocycles. The van der Waals surface area contributed by atoms with Crippen LogP contribution in [0.1, 0.15) is 32.6 Å². The van der Waals surface area contributed by atoms with Crippen LogP contribution in [0, 0.1) is 0 Å². The molecule has 16 heavy (non-hydrogen) atoms. The average Bonchev–Trinajstić information content (AvgIpc) is 2.31. The Kier molecular flexibility index (Phi) is 11.1. The zero-order valence-electron chi connectivity index (χ0n) is 10.5. The first-order valence-corrected chi connectivity index (χ1v) is 6.37. The highest BCUT2D eigenvalue weighted by Crippen LogP contribution is 1.96. The van der Waals surface area contributed by atoms with Gasteiger partial charge in [-0.2, -0.15) is 0 Å². The Hall–Kier alpha value is -0.200. The molecule has 0 aromatic carbocycles. The highest BCUT2D eigenvalue weighted by atomic mass is 15.1. The van der Waals surface area contributed by atoms with Gasteiger partial charge in [0.05, 0.1) is 6.17 Å². The molecule has 0 aromatic rings. The largest absolute Gasteiger partial charge is 0.330 e. The van der Waals surface area contributed by atoms with E-state index in [-0.39, 0.29) is 6.17 Å². The van der Waals surface area contributed by atoms with Gasteiger partial charge in [-0.15, -0.1) is 0 Å². The Morgan fingerprint density at radius 2 is 1.75 bits per heavy atom. The van der Waals surface area contributed by atoms with E-state index < -0.39 is 0 Å². The standard InChI is InChI=1S/C11H29N5/c1-2-11(14)16-9-10(5-3-6-12)15-8-4-7-13/h10-11,15-16H,2-9,12-14H2,1H3/t10-,11?/m1/s1. The fourth-order valence-corrected chi connectivity index (χ4v) is 1.49. The van der Waals surface area contributed by atoms with Gasteiger partial charge >= 0.3 is 0 Å². The minimum atomic E-state index is 0.0942. The zero-order chi connectivity index (χ0) is 12.2. The van der Waals surface area contributed by atoms with Crippen molar-refractivity contribution in [1.29, 1.82) is 0 Å². The SMILES string of the molecule is CCC(N)NC[C@@H](CCCN)NCCCN. The summed E-state index contributed by atoms with van der Waals surface area (Å²) in [5.41, 5.74) is 16.8. The van der Waals surface area contributed by atoms with Crippen molar-refractivity contribution in [3.05, 3.63) is 0 Å². The predicted octanol–water partition coefficient (Wildman–Crippen LogP) is -0.683. The lowest BCUT2D eigenvalue weighted by Gasteiger charge is -2.21. The van der Waals surface area contributed by atoms with Crippen LogP contribution in [0.15, 0.2) is 0 Å². The maximum Gasteiger partial charge on any atom is 0.0544 e. The molecule has 0 radical (unpaired) electrons. The molecule has 0 aliphatic carbocycles. The van der Waals surface area contributed by atoms with E-state index in [4.69, 9.17) is 17.2 Å². The fourth-order valence-electron chi connectivity index (χ4n) is 1.49. The topological polar surface area (TPSA) is 102 Å². The minimum absolute atomic E-state index is 0.0942. The minimum Gasteiger partial charge on any atom is -0.330 e. The number of nitrogens with one attached hydrogen (secondary N) is 2. The van der Waals surface area contributed by atoms with Crippen molar-refractivity contribution in [3.8, 4) is 0 Å². The molecule has 0 spiro atoms. The van der Waals surface area contributed by atoms with Crippen molar-refractivity contribution in [1.82, 2.24) is 10.6 Å². The van der Waals surface area contributed by atoms with Crippen molar-refractivity contribution in [2.75, 3.05) is 26.2 Å². The van der Waals surface area contributed by atoms with E-state index in [0.717, 1.165) is 51.9 Å². The number of rotatable bonds is 11. The van der Waals surface area contributed by atoms with E-state index in [9.17, 15) is 0 Å². The molecule has 0 saturated heterocycles. The first-order chi connectivity index (χ1) is 7.74. The van der Waals surface area contributed by atoms with Crippen LogP contribution in [-0.2, 0) is 0 Å². The molecule has 0 amide bonds. The molecule has 2 atom stereocenters. The summed E-state index contributed by atoms with van der Waals surface area (Å²) in [7, 11) is 0. The summed E-state index contributed by atoms with van der Waals surface area (Å²) in [4.78, 5) is 0. The van der Waals surface area contributed by atoms with E-state index >= 15 is 0 Å². The van der Waals surface area contributed by atoms with Crippen molar-refractivity contribution < 1.29 is 0 Å². The predicted molar refractivity (Wildman–Crippen MR) is 70.0 cm³/mol. The smallest absolute Gasteiger partial charge is 0.0544 e. The molecular formula is C11H29N5. The Morgan fingerprint density at radius 1 is 1.06 bits per heavy atom. The van der Waals surface area contributed by atoms with Gasteiger partial charge in [0.15, 0.2) is 0 Å². The molecule has 5 nitrogen and oxygen atoms in total. The second-order valence-electron chi connectivity index (χ2n) is 4.15. The van der Waals surface area contributed by atoms with E-state index in [1.807, 2.05) is 0 Å². The molecule has 0 bridgehead atoms. The third-order valence-electron chi connectivity index (χ3n) is 2.64. The van der Waals surface area contributed by atoms with E-state index in [1.54, 1.807) is 0 Å². The molecule has 98 valence electrons. The molecule has 0 aliphatic rings. The third-order valence-corrected chi connectivity index (χ3v) is 2.64. The highest BCUT2D eigenvalue weighted by Gasteiger charge is 2.08. The zero-order valence-corrected chi connectivity index (χ0v) is 10.5. The summed E-state index contributed by atoms with van der Waals surface area (Å²) in [6, 6.07) is 0.452. The van der Waals surface area contributed by atoms with Crippen LogP contribution in [-0.4, -0.2) is 38.4 Å². The summed E-state index contributed by atoms with van der Waals surface area (Å²) in [6.07, 6.45) is 4.19. The molecule has 0 saturated carbocycles. The molecule has 0 fully saturated rings. The summed E-state index contributed by atoms with van der Waals surface area (Å²) in [5.74, 6) is 0. The highest BCUT2D eigenvalue weighted by molar-refractivity contribution is 4.71. The number of nitrogens with two attached hydrogens (primary N) is 3. The maximum atomic E-state index is 5.82. The summed E-state index contributed by atoms with van der Waals surface area (Å²) in [5, 5.41) is 6.79. The van der Waals surface area contributed by atoms with Crippen LogP contribution < -0.4 is 27.8 Å². The van der Waals surface area contributed by atoms with Gasteiger partial charge in [0.25, 0.3) is 0 Å². The Bertz CT molecular complexity index is 142. The quantitative estimate of drug-likeness (QED) is 0.239. The summed E-state index contributed by atoms with van der Waals surface area (Å²) < 4.78 is 0. The van der Waals surface area contributed by atoms with E-state index in [2.05, 4.69) is 17.6 Å². The lowest BCUT2D eigenvalue weighted by atomic mass is 10.1. The van der Waals surface area contributed by atoms with Gasteiger partial charge in [-0.3, -0.25) is 0 Å². The van der Waals surface area contributed by atoms with Gasteiger partial charge < -0.3 is 27.8 Å². The molecule has 8 N–H and O–H groups in total. The molecule has 0 heterocycles. The first-order valence-electron chi connectivity index (χ1n) is 6.37. The van der Waals surface area contributed by atoms with Crippen LogP contribution in [0.25, 0.3) is 0 Å². The van der Waals surface area contributed by atoms with Gasteiger partial charge in [-0.1, -0.05) is 6.92 Å². The lowest BCUT2D eigenvalue weighted by molar-refractivity contribution is 0.405. The molecule has 5 heteroatoms. The normalized spacial score (nSPS) is 15.0. The molecule has 0 rings (SSSR count). The van der Waals surface area contributed by atoms with Crippen LogP contribution in [0.4, 0.5) is 0 Å². The number of hydrogen-bond donors (Lipinski definition) is 5. The van der Waals surface area contributed by atoms with Crippen LogP contribution >= 0.6 is 0 Å². The lowest BCUT2D eigenvalue weighted by Crippen LogP contribution is -2.46. The van der Waals surface area contributed by atoms with Gasteiger partial charge in [0, 0.05) is 12.6 Å². The van der Waals surface area contributed by atoms with E-state index in [0.29, 0.717) is 6.04 Å². The number of hydrogen-bond acceptors (Lipinski definition) is 5. The third kappa shape index (κ3) is 9.06. The summed E-state index contributed by atoms with van der Waals surface area (Å²) >= 11 is 0. The van der Waals surface area contributed by atoms with Crippen LogP contribution in [0.5, 0.6) is 0 Å². The van der Waals surface area contributed by atoms with Crippen molar-refractivity contribution in [3.63, 3.8) is 0 Å². The average molecular weight is 231 g/mol. The molecular weight excluding hydrogens is 202 g/mol. The first kappa shape index (κ1) is 15.8. The second kappa shape index (κ2) is 11.3. The van der Waals surface area contributed by atoms with E-state index in [1.165, 1.54) is 0 Å². The van der Waals surface area contributed by atoms with Crippen molar-refractivity contribution in [2.45, 2.75) is 44.8 Å². The Balaban J connectivity index is 3.70. The Morgan fingerprint density at radius 3 is 2.31 bits per heavy atom. The monoisotopic (exact) mass is 231 g/mol. The molecule has 1 unspecified atom stereocenters. The molecule has 0 aliphatic heterocycles. The fraction of sp³-hybridized carbons (Fsp3) is 1.00. The van der Waals surface area contributed by atoms with Crippen molar-refractivity contribution >= 4 is 0 Å². The maximum absolute atomic E-state index is 5.82. The van der Waals surface area contributed by atoms with Crippen LogP contribution in [0.3, 0.4) is 0 Å². The second-order valence-corrected chi connectivity index (χ2v) is 4.15. The van der Waals surface area contributed by atoms with Gasteiger partial charge in [-0.05, 0) is 45.3 Å². The summed E-state index contributed by atoms with van der Waals surface area (Å²) in [6.45, 7) is 5.43. The van der Waals surface area contributed by atoms with Gasteiger partial charge in [-0.25, -0.2) is 0 Å². The van der Waals surface area contributed by atoms with Crippen molar-refractivity contribution in [2.24, 2.45) is 17.2 Å². The van der Waals surface area contributed by atoms with Crippen LogP contribution in [0.2, 0.25) is 0 Å². The van der Waals surface area contributed by atoms with Gasteiger partial charge in [0.1, 0.15) is 0 Å².